The van der Waals surface area contributed by atoms with Crippen LogP contribution in [0.3, 0.4) is 0 Å². The van der Waals surface area contributed by atoms with Crippen LogP contribution in [-0.4, -0.2) is 17.5 Å². The van der Waals surface area contributed by atoms with E-state index in [9.17, 15) is 4.79 Å². The average Bonchev–Trinajstić information content (AvgIpc) is 2.46. The van der Waals surface area contributed by atoms with Gasteiger partial charge in [-0.15, -0.1) is 0 Å². The van der Waals surface area contributed by atoms with Gasteiger partial charge in [-0.3, -0.25) is 4.79 Å². The number of anilines is 1. The first kappa shape index (κ1) is 13.8. The molecule has 0 atom stereocenters. The summed E-state index contributed by atoms with van der Waals surface area (Å²) in [5.41, 5.74) is 0.733. The number of pyridine rings is 1. The summed E-state index contributed by atoms with van der Waals surface area (Å²) in [6.07, 6.45) is 1.50. The Kier molecular flexibility index (Phi) is 4.53. The van der Waals surface area contributed by atoms with E-state index in [0.717, 1.165) is 0 Å². The third kappa shape index (κ3) is 3.25. The highest BCUT2D eigenvalue weighted by Gasteiger charge is 2.13. The molecule has 0 radical (unpaired) electrons. The first-order valence-corrected chi connectivity index (χ1v) is 6.11. The van der Waals surface area contributed by atoms with Crippen LogP contribution in [0.2, 0.25) is 5.15 Å². The minimum Gasteiger partial charge on any atom is -0.477 e. The van der Waals surface area contributed by atoms with Gasteiger partial charge in [0.25, 0.3) is 5.91 Å². The maximum absolute atomic E-state index is 12.1. The van der Waals surface area contributed by atoms with Crippen LogP contribution < -0.4 is 10.1 Å². The monoisotopic (exact) mass is 287 g/mol. The topological polar surface area (TPSA) is 75.0 Å². The third-order valence-electron chi connectivity index (χ3n) is 2.43. The molecule has 0 fully saturated rings. The van der Waals surface area contributed by atoms with Crippen molar-refractivity contribution in [3.8, 4) is 11.8 Å². The Morgan fingerprint density at radius 2 is 2.15 bits per heavy atom. The molecule has 6 heteroatoms. The van der Waals surface area contributed by atoms with Crippen LogP contribution in [0.25, 0.3) is 0 Å². The summed E-state index contributed by atoms with van der Waals surface area (Å²) in [4.78, 5) is 15.9. The number of benzene rings is 1. The first-order valence-electron chi connectivity index (χ1n) is 5.73. The molecule has 0 saturated heterocycles. The lowest BCUT2D eigenvalue weighted by Gasteiger charge is -2.10. The maximum Gasteiger partial charge on any atom is 0.258 e. The lowest BCUT2D eigenvalue weighted by atomic mass is 10.2. The second-order valence-corrected chi connectivity index (χ2v) is 4.10. The van der Waals surface area contributed by atoms with E-state index in [1.807, 2.05) is 6.07 Å². The molecule has 0 aliphatic heterocycles. The van der Waals surface area contributed by atoms with Gasteiger partial charge in [-0.2, -0.15) is 5.26 Å². The summed E-state index contributed by atoms with van der Waals surface area (Å²) in [6.45, 7) is -0.0967. The maximum atomic E-state index is 12.1. The standard InChI is InChI=1S/C14H10ClN3O2/c15-13-10(4-3-8-17-13)14(19)18-11-5-1-2-6-12(11)20-9-7-16/h1-6,8H,9H2,(H,18,19). The predicted octanol–water partition coefficient (Wildman–Crippen LogP) is 2.89. The number of halogens is 1. The summed E-state index contributed by atoms with van der Waals surface area (Å²) in [6, 6.07) is 11.9. The molecule has 1 N–H and O–H groups in total. The number of para-hydroxylation sites is 2. The first-order chi connectivity index (χ1) is 9.72. The lowest BCUT2D eigenvalue weighted by molar-refractivity contribution is 0.102. The van der Waals surface area contributed by atoms with Gasteiger partial charge in [-0.25, -0.2) is 4.98 Å². The van der Waals surface area contributed by atoms with Crippen LogP contribution in [0.1, 0.15) is 10.4 Å². The molecule has 1 heterocycles. The van der Waals surface area contributed by atoms with Gasteiger partial charge in [0.05, 0.1) is 11.3 Å². The molecule has 2 aromatic rings. The fourth-order valence-corrected chi connectivity index (χ4v) is 1.76. The molecule has 1 aromatic heterocycles. The number of amides is 1. The smallest absolute Gasteiger partial charge is 0.258 e. The van der Waals surface area contributed by atoms with Crippen molar-refractivity contribution in [1.82, 2.24) is 4.98 Å². The van der Waals surface area contributed by atoms with E-state index in [2.05, 4.69) is 10.3 Å². The SMILES string of the molecule is N#CCOc1ccccc1NC(=O)c1cccnc1Cl. The Morgan fingerprint density at radius 3 is 2.90 bits per heavy atom. The van der Waals surface area contributed by atoms with E-state index in [4.69, 9.17) is 21.6 Å². The normalized spacial score (nSPS) is 9.60. The number of nitrogens with zero attached hydrogens (tertiary/aromatic N) is 2. The Balaban J connectivity index is 2.20. The van der Waals surface area contributed by atoms with Crippen molar-refractivity contribution in [2.45, 2.75) is 0 Å². The van der Waals surface area contributed by atoms with Gasteiger partial charge in [0, 0.05) is 6.20 Å². The molecule has 0 bridgehead atoms. The average molecular weight is 288 g/mol. The number of hydrogen-bond acceptors (Lipinski definition) is 4. The molecule has 100 valence electrons. The molecule has 1 aromatic carbocycles. The zero-order chi connectivity index (χ0) is 14.4. The fourth-order valence-electron chi connectivity index (χ4n) is 1.55. The van der Waals surface area contributed by atoms with Crippen molar-refractivity contribution < 1.29 is 9.53 Å². The van der Waals surface area contributed by atoms with E-state index in [-0.39, 0.29) is 17.3 Å². The zero-order valence-electron chi connectivity index (χ0n) is 10.3. The quantitative estimate of drug-likeness (QED) is 0.877. The van der Waals surface area contributed by atoms with Crippen molar-refractivity contribution in [1.29, 1.82) is 5.26 Å². The number of aromatic nitrogens is 1. The van der Waals surface area contributed by atoms with Crippen LogP contribution in [-0.2, 0) is 0 Å². The minimum atomic E-state index is -0.392. The highest BCUT2D eigenvalue weighted by molar-refractivity contribution is 6.33. The molecule has 5 nitrogen and oxygen atoms in total. The Bertz CT molecular complexity index is 667. The molecular formula is C14H10ClN3O2. The van der Waals surface area contributed by atoms with Gasteiger partial charge in [0.1, 0.15) is 17.0 Å². The summed E-state index contributed by atoms with van der Waals surface area (Å²) in [5, 5.41) is 11.3. The van der Waals surface area contributed by atoms with E-state index < -0.39 is 5.91 Å². The number of carbonyl (C=O) groups is 1. The van der Waals surface area contributed by atoms with Crippen molar-refractivity contribution in [2.75, 3.05) is 11.9 Å². The molecule has 0 unspecified atom stereocenters. The van der Waals surface area contributed by atoms with Crippen LogP contribution in [0.15, 0.2) is 42.6 Å². The van der Waals surface area contributed by atoms with Crippen LogP contribution in [0.5, 0.6) is 5.75 Å². The second-order valence-electron chi connectivity index (χ2n) is 3.74. The molecule has 2 rings (SSSR count). The van der Waals surface area contributed by atoms with Crippen molar-refractivity contribution in [3.05, 3.63) is 53.3 Å². The van der Waals surface area contributed by atoms with Crippen LogP contribution in [0.4, 0.5) is 5.69 Å². The van der Waals surface area contributed by atoms with E-state index in [1.165, 1.54) is 6.20 Å². The van der Waals surface area contributed by atoms with Crippen LogP contribution >= 0.6 is 11.6 Å². The second kappa shape index (κ2) is 6.55. The van der Waals surface area contributed by atoms with Gasteiger partial charge in [-0.05, 0) is 24.3 Å². The molecule has 20 heavy (non-hydrogen) atoms. The number of nitrogens with one attached hydrogen (secondary N) is 1. The lowest BCUT2D eigenvalue weighted by Crippen LogP contribution is -2.13. The number of ether oxygens (including phenoxy) is 1. The van der Waals surface area contributed by atoms with Gasteiger partial charge in [0.15, 0.2) is 6.61 Å². The number of hydrogen-bond donors (Lipinski definition) is 1. The highest BCUT2D eigenvalue weighted by Crippen LogP contribution is 2.25. The van der Waals surface area contributed by atoms with Crippen molar-refractivity contribution >= 4 is 23.2 Å². The number of rotatable bonds is 4. The molecule has 0 saturated carbocycles. The van der Waals surface area contributed by atoms with E-state index in [0.29, 0.717) is 11.4 Å². The third-order valence-corrected chi connectivity index (χ3v) is 2.73. The van der Waals surface area contributed by atoms with Crippen LogP contribution in [0, 0.1) is 11.3 Å². The summed E-state index contributed by atoms with van der Waals surface area (Å²) < 4.78 is 5.23. The Labute approximate surface area is 120 Å². The van der Waals surface area contributed by atoms with Gasteiger partial charge in [0.2, 0.25) is 0 Å². The van der Waals surface area contributed by atoms with Crippen molar-refractivity contribution in [3.63, 3.8) is 0 Å². The van der Waals surface area contributed by atoms with Crippen molar-refractivity contribution in [2.24, 2.45) is 0 Å². The zero-order valence-corrected chi connectivity index (χ0v) is 11.1. The number of nitriles is 1. The van der Waals surface area contributed by atoms with E-state index in [1.54, 1.807) is 36.4 Å². The molecule has 0 aliphatic carbocycles. The highest BCUT2D eigenvalue weighted by atomic mass is 35.5. The molecule has 1 amide bonds. The summed E-state index contributed by atoms with van der Waals surface area (Å²) >= 11 is 5.86. The fraction of sp³-hybridized carbons (Fsp3) is 0.0714. The Hall–Kier alpha value is -2.58. The predicted molar refractivity (Wildman–Crippen MR) is 74.8 cm³/mol. The molecular weight excluding hydrogens is 278 g/mol. The van der Waals surface area contributed by atoms with Gasteiger partial charge in [-0.1, -0.05) is 23.7 Å². The van der Waals surface area contributed by atoms with Gasteiger partial charge < -0.3 is 10.1 Å². The molecule has 0 spiro atoms. The largest absolute Gasteiger partial charge is 0.477 e. The minimum absolute atomic E-state index is 0.0967. The van der Waals surface area contributed by atoms with Gasteiger partial charge >= 0.3 is 0 Å². The number of carbonyl (C=O) groups excluding carboxylic acids is 1. The summed E-state index contributed by atoms with van der Waals surface area (Å²) in [5.74, 6) is 0.0264. The van der Waals surface area contributed by atoms with E-state index >= 15 is 0 Å². The Morgan fingerprint density at radius 1 is 1.35 bits per heavy atom. The summed E-state index contributed by atoms with van der Waals surface area (Å²) in [7, 11) is 0. The molecule has 0 aliphatic rings.